The lowest BCUT2D eigenvalue weighted by molar-refractivity contribution is -0.276. The van der Waals surface area contributed by atoms with Gasteiger partial charge in [0.05, 0.1) is 12.0 Å². The van der Waals surface area contributed by atoms with Crippen molar-refractivity contribution < 1.29 is 54.1 Å². The van der Waals surface area contributed by atoms with E-state index in [9.17, 15) is 50.4 Å². The lowest BCUT2D eigenvalue weighted by Crippen LogP contribution is -2.32. The third kappa shape index (κ3) is 6.50. The average Bonchev–Trinajstić information content (AvgIpc) is 3.33. The molecule has 4 unspecified atom stereocenters. The minimum Gasteiger partial charge on any atom is -0.441 e. The molecule has 1 aliphatic carbocycles. The van der Waals surface area contributed by atoms with E-state index in [0.29, 0.717) is 24.3 Å². The molecule has 0 N–H and O–H groups in total. The normalized spacial score (nSPS) is 20.8. The van der Waals surface area contributed by atoms with Gasteiger partial charge in [0, 0.05) is 11.5 Å². The molecule has 0 heterocycles. The van der Waals surface area contributed by atoms with Crippen LogP contribution in [0.1, 0.15) is 37.0 Å². The number of halogens is 10. The first-order valence-corrected chi connectivity index (χ1v) is 12.2. The van der Waals surface area contributed by atoms with Gasteiger partial charge in [-0.1, -0.05) is 49.2 Å². The van der Waals surface area contributed by atoms with Crippen LogP contribution in [0.15, 0.2) is 47.0 Å². The molecule has 6 nitrogen and oxygen atoms in total. The zero-order chi connectivity index (χ0) is 31.8. The summed E-state index contributed by atoms with van der Waals surface area (Å²) in [6.45, 7) is 2.89. The number of allylic oxidation sites excluding steroid dienone is 1. The number of nitriles is 2. The zero-order valence-corrected chi connectivity index (χ0v) is 22.6. The van der Waals surface area contributed by atoms with Crippen LogP contribution in [0.4, 0.5) is 35.1 Å². The molecule has 0 spiro atoms. The first-order chi connectivity index (χ1) is 19.3. The lowest BCUT2D eigenvalue weighted by atomic mass is 9.78. The Morgan fingerprint density at radius 3 is 1.81 bits per heavy atom. The summed E-state index contributed by atoms with van der Waals surface area (Å²) in [7, 11) is 0. The van der Waals surface area contributed by atoms with E-state index in [-0.39, 0.29) is 10.1 Å². The van der Waals surface area contributed by atoms with Crippen molar-refractivity contribution in [3.8, 4) is 23.6 Å². The van der Waals surface area contributed by atoms with E-state index in [0.717, 1.165) is 18.2 Å². The molecule has 0 amide bonds. The maximum Gasteiger partial charge on any atom is 0.573 e. The molecule has 0 radical (unpaired) electrons. The van der Waals surface area contributed by atoms with E-state index in [1.807, 2.05) is 0 Å². The molecule has 1 aliphatic rings. The summed E-state index contributed by atoms with van der Waals surface area (Å²) in [6, 6.07) is 7.25. The highest BCUT2D eigenvalue weighted by Crippen LogP contribution is 2.76. The Morgan fingerprint density at radius 2 is 1.38 bits per heavy atom. The average molecular weight is 643 g/mol. The van der Waals surface area contributed by atoms with E-state index < -0.39 is 76.2 Å². The maximum absolute atomic E-state index is 14.1. The van der Waals surface area contributed by atoms with Gasteiger partial charge in [0.25, 0.3) is 0 Å². The third-order valence-corrected chi connectivity index (χ3v) is 7.06. The van der Waals surface area contributed by atoms with Crippen molar-refractivity contribution in [2.75, 3.05) is 0 Å². The summed E-state index contributed by atoms with van der Waals surface area (Å²) in [5, 5.41) is 19.8. The highest BCUT2D eigenvalue weighted by molar-refractivity contribution is 6.55. The Hall–Kier alpha value is -3.75. The summed E-state index contributed by atoms with van der Waals surface area (Å²) >= 11 is 11.6. The number of ether oxygens (including phenoxy) is 3. The van der Waals surface area contributed by atoms with E-state index in [1.54, 1.807) is 6.07 Å². The number of carbonyl (C=O) groups excluding carboxylic acids is 1. The van der Waals surface area contributed by atoms with Crippen LogP contribution in [-0.4, -0.2) is 18.7 Å². The van der Waals surface area contributed by atoms with Crippen LogP contribution in [-0.2, 0) is 9.53 Å². The van der Waals surface area contributed by atoms with Crippen LogP contribution in [0.5, 0.6) is 11.5 Å². The highest BCUT2D eigenvalue weighted by Gasteiger charge is 2.79. The van der Waals surface area contributed by atoms with Crippen molar-refractivity contribution in [1.29, 1.82) is 10.5 Å². The van der Waals surface area contributed by atoms with Gasteiger partial charge in [-0.2, -0.15) is 10.5 Å². The minimum atomic E-state index is -5.31. The lowest BCUT2D eigenvalue weighted by Gasteiger charge is -2.26. The first kappa shape index (κ1) is 32.8. The smallest absolute Gasteiger partial charge is 0.441 e. The Morgan fingerprint density at radius 1 is 0.905 bits per heavy atom. The summed E-state index contributed by atoms with van der Waals surface area (Å²) < 4.78 is 117. The number of hydrogen-bond acceptors (Lipinski definition) is 6. The van der Waals surface area contributed by atoms with Crippen molar-refractivity contribution in [3.05, 3.63) is 69.7 Å². The first-order valence-electron chi connectivity index (χ1n) is 11.4. The molecule has 4 atom stereocenters. The Labute approximate surface area is 242 Å². The summed E-state index contributed by atoms with van der Waals surface area (Å²) in [5.74, 6) is -9.57. The molecule has 2 aromatic rings. The van der Waals surface area contributed by atoms with E-state index in [2.05, 4.69) is 9.47 Å². The fourth-order valence-corrected chi connectivity index (χ4v) is 5.22. The predicted octanol–water partition coefficient (Wildman–Crippen LogP) is 8.14. The molecule has 2 aromatic carbocycles. The van der Waals surface area contributed by atoms with Crippen molar-refractivity contribution in [1.82, 2.24) is 0 Å². The Kier molecular flexibility index (Phi) is 8.97. The second kappa shape index (κ2) is 11.5. The van der Waals surface area contributed by atoms with Gasteiger partial charge >= 0.3 is 18.7 Å². The van der Waals surface area contributed by atoms with Crippen LogP contribution in [0.3, 0.4) is 0 Å². The molecule has 0 aromatic heterocycles. The number of benzene rings is 2. The number of alkyl halides is 6. The number of rotatable bonds is 8. The molecule has 1 fully saturated rings. The van der Waals surface area contributed by atoms with Crippen LogP contribution in [0.25, 0.3) is 0 Å². The summed E-state index contributed by atoms with van der Waals surface area (Å²) in [5.41, 5.74) is -4.10. The van der Waals surface area contributed by atoms with E-state index >= 15 is 0 Å². The van der Waals surface area contributed by atoms with Crippen LogP contribution < -0.4 is 9.47 Å². The standard InChI is InChI=1S/C26H16Cl2F8N2O4/c1-23(2)20(9-21(27)28)24(23,14(10-37)12-3-5-15(29)17(7-12)41-25(31,32)33)22(39)40-19(11-38)13-4-6-16(30)18(8-13)42-26(34,35)36/h3-9,14,19-20H,1-2H3. The molecular weight excluding hydrogens is 627 g/mol. The van der Waals surface area contributed by atoms with Gasteiger partial charge in [0.2, 0.25) is 6.10 Å². The van der Waals surface area contributed by atoms with E-state index in [1.165, 1.54) is 19.9 Å². The second-order valence-electron chi connectivity index (χ2n) is 9.48. The molecule has 3 rings (SSSR count). The van der Waals surface area contributed by atoms with Crippen LogP contribution in [0.2, 0.25) is 0 Å². The number of carbonyl (C=O) groups is 1. The number of nitrogens with zero attached hydrogens (tertiary/aromatic N) is 2. The quantitative estimate of drug-likeness (QED) is 0.213. The van der Waals surface area contributed by atoms with Crippen molar-refractivity contribution in [2.24, 2.45) is 16.7 Å². The summed E-state index contributed by atoms with van der Waals surface area (Å²) in [4.78, 5) is 13.8. The molecule has 0 aliphatic heterocycles. The SMILES string of the molecule is CC1(C)C(C=C(Cl)Cl)C1(C(=O)OC(C#N)c1ccc(F)c(OC(F)(F)F)c1)C(C#N)c1ccc(F)c(OC(F)(F)F)c1. The van der Waals surface area contributed by atoms with Crippen molar-refractivity contribution >= 4 is 29.2 Å². The van der Waals surface area contributed by atoms with Gasteiger partial charge in [-0.05, 0) is 41.3 Å². The molecule has 0 saturated heterocycles. The third-order valence-electron chi connectivity index (χ3n) is 6.81. The Balaban J connectivity index is 2.11. The molecule has 224 valence electrons. The monoisotopic (exact) mass is 642 g/mol. The number of esters is 1. The molecule has 42 heavy (non-hydrogen) atoms. The van der Waals surface area contributed by atoms with E-state index in [4.69, 9.17) is 27.9 Å². The highest BCUT2D eigenvalue weighted by atomic mass is 35.5. The number of hydrogen-bond donors (Lipinski definition) is 0. The minimum absolute atomic E-state index is 0.319. The zero-order valence-electron chi connectivity index (χ0n) is 21.1. The van der Waals surface area contributed by atoms with Gasteiger partial charge in [-0.25, -0.2) is 8.78 Å². The van der Waals surface area contributed by atoms with Crippen molar-refractivity contribution in [2.45, 2.75) is 38.6 Å². The molecule has 0 bridgehead atoms. The second-order valence-corrected chi connectivity index (χ2v) is 10.5. The van der Waals surface area contributed by atoms with Crippen LogP contribution >= 0.6 is 23.2 Å². The van der Waals surface area contributed by atoms with Gasteiger partial charge < -0.3 is 14.2 Å². The van der Waals surface area contributed by atoms with Gasteiger partial charge in [-0.15, -0.1) is 26.3 Å². The van der Waals surface area contributed by atoms with Gasteiger partial charge in [0.1, 0.15) is 16.0 Å². The van der Waals surface area contributed by atoms with Gasteiger partial charge in [-0.3, -0.25) is 4.79 Å². The van der Waals surface area contributed by atoms with Gasteiger partial charge in [0.15, 0.2) is 23.1 Å². The van der Waals surface area contributed by atoms with Crippen molar-refractivity contribution in [3.63, 3.8) is 0 Å². The molecular formula is C26H16Cl2F8N2O4. The van der Waals surface area contributed by atoms with Crippen LogP contribution in [0, 0.1) is 51.0 Å². The molecule has 1 saturated carbocycles. The Bertz CT molecular complexity index is 1490. The molecule has 16 heteroatoms. The topological polar surface area (TPSA) is 92.3 Å². The predicted molar refractivity (Wildman–Crippen MR) is 128 cm³/mol. The fraction of sp³-hybridized carbons (Fsp3) is 0.346. The maximum atomic E-state index is 14.1. The fourth-order valence-electron chi connectivity index (χ4n) is 4.96. The largest absolute Gasteiger partial charge is 0.573 e. The summed E-state index contributed by atoms with van der Waals surface area (Å²) in [6.07, 6.45) is -11.4.